The first-order valence-electron chi connectivity index (χ1n) is 3.65. The van der Waals surface area contributed by atoms with E-state index in [9.17, 15) is 14.4 Å². The molecule has 14 heavy (non-hydrogen) atoms. The zero-order chi connectivity index (χ0) is 10.3. The van der Waals surface area contributed by atoms with E-state index >= 15 is 0 Å². The van der Waals surface area contributed by atoms with Gasteiger partial charge in [0, 0.05) is 0 Å². The lowest BCUT2D eigenvalue weighted by molar-refractivity contribution is 0.167. The van der Waals surface area contributed by atoms with Crippen LogP contribution in [-0.4, -0.2) is 26.8 Å². The van der Waals surface area contributed by atoms with Crippen LogP contribution in [0.5, 0.6) is 0 Å². The van der Waals surface area contributed by atoms with E-state index in [2.05, 4.69) is 14.8 Å². The van der Waals surface area contributed by atoms with Crippen molar-refractivity contribution in [2.75, 3.05) is 7.11 Å². The monoisotopic (exact) mass is 198 g/mol. The van der Waals surface area contributed by atoms with E-state index in [1.165, 1.54) is 7.11 Å². The minimum atomic E-state index is -0.702. The molecular weight excluding hydrogens is 192 g/mol. The summed E-state index contributed by atoms with van der Waals surface area (Å²) in [6, 6.07) is 0. The van der Waals surface area contributed by atoms with Crippen LogP contribution in [0.3, 0.4) is 0 Å². The average molecular weight is 198 g/mol. The fraction of sp³-hybridized carbons (Fsp3) is 0.167. The minimum Gasteiger partial charge on any atom is -0.411 e. The van der Waals surface area contributed by atoms with Gasteiger partial charge in [0.2, 0.25) is 0 Å². The maximum absolute atomic E-state index is 11.2. The Balaban J connectivity index is 3.10. The summed E-state index contributed by atoms with van der Waals surface area (Å²) in [7, 11) is 1.24. The number of hydrogen-bond donors (Lipinski definition) is 3. The zero-order valence-corrected chi connectivity index (χ0v) is 7.08. The number of imidazole rings is 1. The molecular formula is C6H6N4O4. The molecule has 0 amide bonds. The van der Waals surface area contributed by atoms with Crippen molar-refractivity contribution in [1.29, 1.82) is 0 Å². The van der Waals surface area contributed by atoms with Gasteiger partial charge in [0.15, 0.2) is 11.2 Å². The highest BCUT2D eigenvalue weighted by molar-refractivity contribution is 5.68. The summed E-state index contributed by atoms with van der Waals surface area (Å²) in [5.41, 5.74) is -2.03. The second-order valence-corrected chi connectivity index (χ2v) is 2.54. The molecule has 0 aliphatic heterocycles. The van der Waals surface area contributed by atoms with Gasteiger partial charge in [0.1, 0.15) is 7.11 Å². The molecule has 2 aromatic heterocycles. The number of rotatable bonds is 1. The smallest absolute Gasteiger partial charge is 0.361 e. The first-order chi connectivity index (χ1) is 6.63. The molecule has 0 bridgehead atoms. The standard InChI is InChI=1S/C6H6N4O4/c1-14-10-3-2(7-6(10)13)4(11)9-5(12)8-3/h1H3,(H,7,13)(H2,8,9,11,12). The van der Waals surface area contributed by atoms with Crippen LogP contribution in [-0.2, 0) is 0 Å². The van der Waals surface area contributed by atoms with Crippen LogP contribution >= 0.6 is 0 Å². The van der Waals surface area contributed by atoms with Crippen LogP contribution in [0.1, 0.15) is 0 Å². The summed E-state index contributed by atoms with van der Waals surface area (Å²) in [6.07, 6.45) is 0. The molecule has 8 nitrogen and oxygen atoms in total. The molecule has 2 rings (SSSR count). The highest BCUT2D eigenvalue weighted by Crippen LogP contribution is 1.94. The predicted molar refractivity (Wildman–Crippen MR) is 46.3 cm³/mol. The van der Waals surface area contributed by atoms with E-state index in [-0.39, 0.29) is 11.2 Å². The van der Waals surface area contributed by atoms with Crippen molar-refractivity contribution in [3.8, 4) is 0 Å². The van der Waals surface area contributed by atoms with Gasteiger partial charge in [0.25, 0.3) is 5.56 Å². The summed E-state index contributed by atoms with van der Waals surface area (Å²) >= 11 is 0. The number of H-pyrrole nitrogens is 3. The molecule has 3 N–H and O–H groups in total. The van der Waals surface area contributed by atoms with Crippen molar-refractivity contribution in [2.45, 2.75) is 0 Å². The number of aromatic amines is 3. The minimum absolute atomic E-state index is 0.00579. The largest absolute Gasteiger partial charge is 0.411 e. The first kappa shape index (κ1) is 8.35. The van der Waals surface area contributed by atoms with Crippen LogP contribution in [0, 0.1) is 0 Å². The molecule has 2 aromatic rings. The number of fused-ring (bicyclic) bond motifs is 1. The third-order valence-electron chi connectivity index (χ3n) is 1.72. The van der Waals surface area contributed by atoms with Crippen LogP contribution in [0.25, 0.3) is 11.2 Å². The van der Waals surface area contributed by atoms with Gasteiger partial charge < -0.3 is 4.84 Å². The van der Waals surface area contributed by atoms with Crippen molar-refractivity contribution in [3.05, 3.63) is 31.3 Å². The number of aromatic nitrogens is 4. The van der Waals surface area contributed by atoms with Gasteiger partial charge in [-0.15, -0.1) is 4.73 Å². The van der Waals surface area contributed by atoms with Crippen molar-refractivity contribution in [3.63, 3.8) is 0 Å². The van der Waals surface area contributed by atoms with E-state index in [1.54, 1.807) is 0 Å². The van der Waals surface area contributed by atoms with Gasteiger partial charge in [-0.1, -0.05) is 0 Å². The molecule has 0 aliphatic rings. The van der Waals surface area contributed by atoms with Crippen LogP contribution in [0.4, 0.5) is 0 Å². The molecule has 0 unspecified atom stereocenters. The Kier molecular flexibility index (Phi) is 1.56. The van der Waals surface area contributed by atoms with Crippen LogP contribution in [0.2, 0.25) is 0 Å². The van der Waals surface area contributed by atoms with Crippen molar-refractivity contribution < 1.29 is 4.84 Å². The highest BCUT2D eigenvalue weighted by atomic mass is 16.7. The highest BCUT2D eigenvalue weighted by Gasteiger charge is 2.10. The number of nitrogens with one attached hydrogen (secondary N) is 3. The Bertz CT molecular complexity index is 642. The van der Waals surface area contributed by atoms with Crippen molar-refractivity contribution >= 4 is 11.2 Å². The van der Waals surface area contributed by atoms with E-state index in [0.29, 0.717) is 0 Å². The summed E-state index contributed by atoms with van der Waals surface area (Å²) in [5, 5.41) is 0. The third-order valence-corrected chi connectivity index (χ3v) is 1.72. The van der Waals surface area contributed by atoms with Gasteiger partial charge >= 0.3 is 11.4 Å². The Hall–Kier alpha value is -2.25. The topological polar surface area (TPSA) is 113 Å². The second kappa shape index (κ2) is 2.62. The predicted octanol–water partition coefficient (Wildman–Crippen LogP) is -2.24. The maximum atomic E-state index is 11.2. The fourth-order valence-corrected chi connectivity index (χ4v) is 1.18. The molecule has 0 atom stereocenters. The van der Waals surface area contributed by atoms with E-state index < -0.39 is 16.9 Å². The molecule has 0 radical (unpaired) electrons. The fourth-order valence-electron chi connectivity index (χ4n) is 1.18. The summed E-state index contributed by atoms with van der Waals surface area (Å²) in [6.45, 7) is 0. The number of nitrogens with zero attached hydrogens (tertiary/aromatic N) is 1. The van der Waals surface area contributed by atoms with Gasteiger partial charge in [-0.3, -0.25) is 19.7 Å². The van der Waals surface area contributed by atoms with Gasteiger partial charge in [-0.2, -0.15) is 0 Å². The average Bonchev–Trinajstić information content (AvgIpc) is 2.41. The quantitative estimate of drug-likeness (QED) is 0.481. The molecule has 8 heteroatoms. The van der Waals surface area contributed by atoms with Gasteiger partial charge in [-0.05, 0) is 0 Å². The SMILES string of the molecule is COn1c(=O)[nH]c2c(=O)[nH]c(=O)[nH]c21. The molecule has 0 saturated carbocycles. The summed E-state index contributed by atoms with van der Waals surface area (Å²) in [4.78, 5) is 44.3. The lowest BCUT2D eigenvalue weighted by Crippen LogP contribution is -2.25. The lowest BCUT2D eigenvalue weighted by atomic mass is 10.5. The lowest BCUT2D eigenvalue weighted by Gasteiger charge is -1.96. The molecule has 0 fully saturated rings. The maximum Gasteiger partial charge on any atom is 0.361 e. The van der Waals surface area contributed by atoms with Crippen molar-refractivity contribution in [1.82, 2.24) is 19.7 Å². The summed E-state index contributed by atoms with van der Waals surface area (Å²) in [5.74, 6) is 0. The van der Waals surface area contributed by atoms with Gasteiger partial charge in [-0.25, -0.2) is 9.59 Å². The van der Waals surface area contributed by atoms with E-state index in [4.69, 9.17) is 0 Å². The van der Waals surface area contributed by atoms with E-state index in [1.807, 2.05) is 4.98 Å². The van der Waals surface area contributed by atoms with Gasteiger partial charge in [0.05, 0.1) is 0 Å². The Labute approximate surface area is 75.1 Å². The van der Waals surface area contributed by atoms with Crippen LogP contribution < -0.4 is 21.8 Å². The Morgan fingerprint density at radius 2 is 1.86 bits per heavy atom. The normalized spacial score (nSPS) is 10.6. The molecule has 74 valence electrons. The molecule has 0 aliphatic carbocycles. The molecule has 0 aromatic carbocycles. The van der Waals surface area contributed by atoms with Crippen molar-refractivity contribution in [2.24, 2.45) is 0 Å². The first-order valence-corrected chi connectivity index (χ1v) is 3.65. The molecule has 0 saturated heterocycles. The Morgan fingerprint density at radius 1 is 1.14 bits per heavy atom. The third kappa shape index (κ3) is 0.969. The molecule has 0 spiro atoms. The Morgan fingerprint density at radius 3 is 2.50 bits per heavy atom. The van der Waals surface area contributed by atoms with Crippen LogP contribution in [0.15, 0.2) is 14.4 Å². The second-order valence-electron chi connectivity index (χ2n) is 2.54. The zero-order valence-electron chi connectivity index (χ0n) is 7.08. The number of hydrogen-bond acceptors (Lipinski definition) is 4. The summed E-state index contributed by atoms with van der Waals surface area (Å²) < 4.78 is 0.784. The molecule has 2 heterocycles. The van der Waals surface area contributed by atoms with E-state index in [0.717, 1.165) is 4.73 Å².